The third-order valence-electron chi connectivity index (χ3n) is 6.40. The van der Waals surface area contributed by atoms with E-state index >= 15 is 0 Å². The number of amides is 1. The largest absolute Gasteiger partial charge is 0.381 e. The predicted molar refractivity (Wildman–Crippen MR) is 122 cm³/mol. The number of ether oxygens (including phenoxy) is 1. The van der Waals surface area contributed by atoms with Crippen molar-refractivity contribution in [2.24, 2.45) is 0 Å². The number of rotatable bonds is 4. The quantitative estimate of drug-likeness (QED) is 0.628. The maximum atomic E-state index is 13.7. The molecule has 4 heterocycles. The first kappa shape index (κ1) is 20.2. The minimum Gasteiger partial charge on any atom is -0.381 e. The van der Waals surface area contributed by atoms with Crippen LogP contribution in [0.3, 0.4) is 0 Å². The lowest BCUT2D eigenvalue weighted by Crippen LogP contribution is -2.56. The summed E-state index contributed by atoms with van der Waals surface area (Å²) in [5.41, 5.74) is 1.54. The van der Waals surface area contributed by atoms with E-state index in [1.165, 1.54) is 0 Å². The number of nitrogens with zero attached hydrogens (tertiary/aromatic N) is 4. The molecule has 31 heavy (non-hydrogen) atoms. The number of piperazine rings is 1. The van der Waals surface area contributed by atoms with Gasteiger partial charge in [-0.25, -0.2) is 0 Å². The topological polar surface area (TPSA) is 58.6 Å². The highest BCUT2D eigenvalue weighted by atomic mass is 32.1. The number of anilines is 1. The van der Waals surface area contributed by atoms with E-state index in [-0.39, 0.29) is 5.91 Å². The summed E-state index contributed by atoms with van der Waals surface area (Å²) in [6.07, 6.45) is 1.48. The van der Waals surface area contributed by atoms with Crippen LogP contribution in [0.4, 0.5) is 5.82 Å². The van der Waals surface area contributed by atoms with Gasteiger partial charge >= 0.3 is 0 Å². The van der Waals surface area contributed by atoms with Gasteiger partial charge in [-0.2, -0.15) is 0 Å². The van der Waals surface area contributed by atoms with E-state index in [1.54, 1.807) is 11.3 Å². The monoisotopic (exact) mass is 434 g/mol. The molecule has 2 aliphatic heterocycles. The summed E-state index contributed by atoms with van der Waals surface area (Å²) < 4.78 is 5.60. The number of benzene rings is 1. The Morgan fingerprint density at radius 3 is 2.32 bits per heavy atom. The van der Waals surface area contributed by atoms with Crippen molar-refractivity contribution < 1.29 is 9.53 Å². The average Bonchev–Trinajstić information content (AvgIpc) is 3.40. The Morgan fingerprint density at radius 2 is 1.68 bits per heavy atom. The Balaban J connectivity index is 1.28. The number of hydrogen-bond acceptors (Lipinski definition) is 6. The van der Waals surface area contributed by atoms with Crippen molar-refractivity contribution in [1.82, 2.24) is 15.1 Å². The van der Waals surface area contributed by atoms with Crippen LogP contribution >= 0.6 is 11.3 Å². The molecule has 0 spiro atoms. The summed E-state index contributed by atoms with van der Waals surface area (Å²) >= 11 is 1.66. The number of carbonyl (C=O) groups excluding carboxylic acids is 1. The summed E-state index contributed by atoms with van der Waals surface area (Å²) in [6.45, 7) is 4.19. The molecule has 0 N–H and O–H groups in total. The smallest absolute Gasteiger partial charge is 0.233 e. The standard InChI is InChI=1S/C24H26N4O2S/c29-23(24(10-16-30-17-11-24)19-5-2-1-3-6-19)28-14-12-27(13-15-28)22-9-8-20(25-26-22)21-7-4-18-31-21/h1-9,18H,10-17H2. The van der Waals surface area contributed by atoms with E-state index in [0.717, 1.165) is 47.9 Å². The fraction of sp³-hybridized carbons (Fsp3) is 0.375. The summed E-state index contributed by atoms with van der Waals surface area (Å²) in [4.78, 5) is 19.1. The highest BCUT2D eigenvalue weighted by molar-refractivity contribution is 7.13. The van der Waals surface area contributed by atoms with Crippen molar-refractivity contribution in [2.75, 3.05) is 44.3 Å². The van der Waals surface area contributed by atoms with Crippen LogP contribution in [0.15, 0.2) is 60.0 Å². The Morgan fingerprint density at radius 1 is 0.903 bits per heavy atom. The van der Waals surface area contributed by atoms with Gasteiger partial charge in [0.15, 0.2) is 5.82 Å². The van der Waals surface area contributed by atoms with Crippen molar-refractivity contribution in [1.29, 1.82) is 0 Å². The van der Waals surface area contributed by atoms with Crippen LogP contribution in [0.5, 0.6) is 0 Å². The normalized spacial score (nSPS) is 18.7. The summed E-state index contributed by atoms with van der Waals surface area (Å²) in [5.74, 6) is 1.11. The van der Waals surface area contributed by atoms with E-state index in [4.69, 9.17) is 4.74 Å². The van der Waals surface area contributed by atoms with Gasteiger partial charge in [0.05, 0.1) is 10.3 Å². The summed E-state index contributed by atoms with van der Waals surface area (Å²) in [6, 6.07) is 18.4. The zero-order chi connectivity index (χ0) is 21.1. The minimum absolute atomic E-state index is 0.237. The summed E-state index contributed by atoms with van der Waals surface area (Å²) in [5, 5.41) is 10.9. The predicted octanol–water partition coefficient (Wildman–Crippen LogP) is 3.60. The average molecular weight is 435 g/mol. The third-order valence-corrected chi connectivity index (χ3v) is 7.29. The number of carbonyl (C=O) groups is 1. The number of hydrogen-bond donors (Lipinski definition) is 0. The van der Waals surface area contributed by atoms with Crippen LogP contribution in [0.1, 0.15) is 18.4 Å². The van der Waals surface area contributed by atoms with E-state index in [9.17, 15) is 4.79 Å². The molecule has 5 rings (SSSR count). The zero-order valence-electron chi connectivity index (χ0n) is 17.4. The van der Waals surface area contributed by atoms with Crippen LogP contribution in [-0.4, -0.2) is 60.4 Å². The molecule has 0 aliphatic carbocycles. The molecule has 0 unspecified atom stereocenters. The SMILES string of the molecule is O=C(N1CCN(c2ccc(-c3cccs3)nn2)CC1)C1(c2ccccc2)CCOCC1. The van der Waals surface area contributed by atoms with Crippen molar-refractivity contribution in [3.63, 3.8) is 0 Å². The van der Waals surface area contributed by atoms with Crippen LogP contribution in [0.25, 0.3) is 10.6 Å². The van der Waals surface area contributed by atoms with Gasteiger partial charge in [0, 0.05) is 39.4 Å². The fourth-order valence-corrected chi connectivity index (χ4v) is 5.28. The van der Waals surface area contributed by atoms with Gasteiger partial charge in [0.1, 0.15) is 5.69 Å². The fourth-order valence-electron chi connectivity index (χ4n) is 4.59. The van der Waals surface area contributed by atoms with Gasteiger partial charge < -0.3 is 14.5 Å². The van der Waals surface area contributed by atoms with E-state index < -0.39 is 5.41 Å². The first-order chi connectivity index (χ1) is 15.3. The maximum absolute atomic E-state index is 13.7. The number of thiophene rings is 1. The molecule has 2 saturated heterocycles. The first-order valence-electron chi connectivity index (χ1n) is 10.8. The van der Waals surface area contributed by atoms with Crippen LogP contribution in [0.2, 0.25) is 0 Å². The molecule has 2 aromatic heterocycles. The molecule has 2 fully saturated rings. The van der Waals surface area contributed by atoms with Gasteiger partial charge in [-0.05, 0) is 42.0 Å². The molecule has 3 aromatic rings. The molecule has 0 radical (unpaired) electrons. The highest BCUT2D eigenvalue weighted by Gasteiger charge is 2.44. The van der Waals surface area contributed by atoms with Gasteiger partial charge in [-0.3, -0.25) is 4.79 Å². The lowest BCUT2D eigenvalue weighted by molar-refractivity contribution is -0.141. The molecular formula is C24H26N4O2S. The second-order valence-corrected chi connectivity index (χ2v) is 9.04. The zero-order valence-corrected chi connectivity index (χ0v) is 18.3. The molecule has 2 aliphatic rings. The second-order valence-electron chi connectivity index (χ2n) is 8.09. The highest BCUT2D eigenvalue weighted by Crippen LogP contribution is 2.37. The van der Waals surface area contributed by atoms with Crippen molar-refractivity contribution in [2.45, 2.75) is 18.3 Å². The maximum Gasteiger partial charge on any atom is 0.233 e. The second kappa shape index (κ2) is 8.77. The van der Waals surface area contributed by atoms with Crippen LogP contribution in [-0.2, 0) is 14.9 Å². The van der Waals surface area contributed by atoms with Crippen molar-refractivity contribution in [3.8, 4) is 10.6 Å². The Kier molecular flexibility index (Phi) is 5.70. The molecule has 1 amide bonds. The molecule has 6 nitrogen and oxygen atoms in total. The van der Waals surface area contributed by atoms with Crippen molar-refractivity contribution in [3.05, 3.63) is 65.5 Å². The third kappa shape index (κ3) is 3.95. The van der Waals surface area contributed by atoms with Gasteiger partial charge in [0.2, 0.25) is 5.91 Å². The van der Waals surface area contributed by atoms with Crippen LogP contribution < -0.4 is 4.90 Å². The molecule has 0 atom stereocenters. The number of aromatic nitrogens is 2. The lowest BCUT2D eigenvalue weighted by atomic mass is 9.73. The Bertz CT molecular complexity index is 994. The molecule has 0 bridgehead atoms. The molecule has 160 valence electrons. The lowest BCUT2D eigenvalue weighted by Gasteiger charge is -2.43. The molecular weight excluding hydrogens is 408 g/mol. The van der Waals surface area contributed by atoms with E-state index in [0.29, 0.717) is 26.3 Å². The molecule has 0 saturated carbocycles. The molecule has 7 heteroatoms. The van der Waals surface area contributed by atoms with E-state index in [2.05, 4.69) is 33.3 Å². The van der Waals surface area contributed by atoms with Gasteiger partial charge in [-0.15, -0.1) is 21.5 Å². The van der Waals surface area contributed by atoms with Crippen LogP contribution in [0, 0.1) is 0 Å². The summed E-state index contributed by atoms with van der Waals surface area (Å²) in [7, 11) is 0. The first-order valence-corrected chi connectivity index (χ1v) is 11.7. The Labute approximate surface area is 186 Å². The Hall–Kier alpha value is -2.77. The minimum atomic E-state index is -0.468. The van der Waals surface area contributed by atoms with Crippen molar-refractivity contribution >= 4 is 23.1 Å². The van der Waals surface area contributed by atoms with Gasteiger partial charge in [0.25, 0.3) is 0 Å². The van der Waals surface area contributed by atoms with E-state index in [1.807, 2.05) is 46.7 Å². The van der Waals surface area contributed by atoms with Gasteiger partial charge in [-0.1, -0.05) is 36.4 Å². The molecule has 1 aromatic carbocycles.